The van der Waals surface area contributed by atoms with Gasteiger partial charge < -0.3 is 143 Å². The maximum atomic E-state index is 15.4. The van der Waals surface area contributed by atoms with Crippen LogP contribution in [0.3, 0.4) is 0 Å². The first-order chi connectivity index (χ1) is 60.0. The molecular formula is C79H107N25O21S. The van der Waals surface area contributed by atoms with Crippen LogP contribution in [-0.2, 0) is 107 Å². The summed E-state index contributed by atoms with van der Waals surface area (Å²) in [6.07, 6.45) is 4.06. The highest BCUT2D eigenvalue weighted by molar-refractivity contribution is 7.80. The largest absolute Gasteiger partial charge is 0.480 e. The van der Waals surface area contributed by atoms with Crippen molar-refractivity contribution < 1.29 is 102 Å². The highest BCUT2D eigenvalue weighted by atomic mass is 32.1. The number of rotatable bonds is 52. The van der Waals surface area contributed by atoms with Gasteiger partial charge in [0.15, 0.2) is 5.96 Å². The van der Waals surface area contributed by atoms with E-state index in [1.165, 1.54) is 19.4 Å². The summed E-state index contributed by atoms with van der Waals surface area (Å²) in [7, 11) is 0. The third-order valence-corrected chi connectivity index (χ3v) is 20.6. The van der Waals surface area contributed by atoms with Crippen molar-refractivity contribution in [1.29, 1.82) is 5.41 Å². The zero-order chi connectivity index (χ0) is 92.4. The zero-order valence-electron chi connectivity index (χ0n) is 68.9. The molecule has 3 aromatic carbocycles. The molecule has 0 radical (unpaired) electrons. The predicted molar refractivity (Wildman–Crippen MR) is 455 cm³/mol. The number of carbonyl (C=O) groups excluding carboxylic acids is 16. The summed E-state index contributed by atoms with van der Waals surface area (Å²) in [5.41, 5.74) is 25.4. The molecule has 0 aliphatic rings. The van der Waals surface area contributed by atoms with E-state index in [-0.39, 0.29) is 62.9 Å². The molecule has 126 heavy (non-hydrogen) atoms. The molecule has 16 amide bonds. The summed E-state index contributed by atoms with van der Waals surface area (Å²) >= 11 is 3.96. The summed E-state index contributed by atoms with van der Waals surface area (Å²) in [6, 6.07) is -0.854. The van der Waals surface area contributed by atoms with Crippen LogP contribution in [0.15, 0.2) is 104 Å². The average Bonchev–Trinajstić information content (AvgIpc) is 1.64. The number of amides is 16. The number of para-hydroxylation sites is 3. The van der Waals surface area contributed by atoms with Crippen molar-refractivity contribution in [3.8, 4) is 0 Å². The molecule has 7 aromatic rings. The second-order valence-electron chi connectivity index (χ2n) is 29.6. The lowest BCUT2D eigenvalue weighted by atomic mass is 9.96. The number of aliphatic hydroxyl groups is 3. The molecule has 0 aliphatic carbocycles. The number of aromatic nitrogens is 5. The maximum absolute atomic E-state index is 15.4. The Kier molecular flexibility index (Phi) is 38.3. The number of aliphatic hydroxyl groups excluding tert-OH is 3. The fourth-order valence-electron chi connectivity index (χ4n) is 13.0. The van der Waals surface area contributed by atoms with Crippen LogP contribution in [0, 0.1) is 11.3 Å². The van der Waals surface area contributed by atoms with Crippen LogP contribution in [0.4, 0.5) is 0 Å². The van der Waals surface area contributed by atoms with Gasteiger partial charge in [0.1, 0.15) is 72.5 Å². The molecule has 4 aromatic heterocycles. The number of aromatic amines is 4. The number of fused-ring (bicyclic) bond motifs is 3. The lowest BCUT2D eigenvalue weighted by molar-refractivity contribution is -0.143. The molecule has 0 aliphatic heterocycles. The van der Waals surface area contributed by atoms with Crippen LogP contribution in [0.2, 0.25) is 0 Å². The SMILES string of the molecule is CC[C@H](C)[C@H](NC(=O)[C@H](Cc1c[nH]c2ccccc12)NC(=O)[C@H](Cc1c[nH]c2ccccc12)NC(=O)[C@H](C)NC(=O)[C@H](CO)NC(=O)[C@H](Cc1c[nH]c2ccccc12)NC(=O)[C@H](Cc1c[nH]cn1)NC(=O)CNC(=O)CNC(=O)[C@@H](N)CS)C(=O)N[C@@H](CCCNC(=N)N)C(=O)N[C@@H](CO)C(=O)N[C@@H](CC(N)=O)C(=O)N[C@@H](CCC(N)=O)C(=O)N[C@@H](CO)C(=O)O. The van der Waals surface area contributed by atoms with E-state index in [9.17, 15) is 92.3 Å². The van der Waals surface area contributed by atoms with Gasteiger partial charge in [-0.3, -0.25) is 82.1 Å². The van der Waals surface area contributed by atoms with Gasteiger partial charge in [0, 0.05) is 102 Å². The van der Waals surface area contributed by atoms with E-state index in [1.54, 1.807) is 105 Å². The third-order valence-electron chi connectivity index (χ3n) is 20.2. The number of nitrogens with one attached hydrogen (secondary N) is 20. The zero-order valence-corrected chi connectivity index (χ0v) is 69.7. The molecule has 680 valence electrons. The topological polar surface area (TPSA) is 756 Å². The molecule has 0 bridgehead atoms. The van der Waals surface area contributed by atoms with Gasteiger partial charge in [-0.2, -0.15) is 12.6 Å². The monoisotopic (exact) mass is 1770 g/mol. The number of hydrogen-bond donors (Lipinski definition) is 29. The summed E-state index contributed by atoms with van der Waals surface area (Å²) in [5, 5.41) is 86.4. The van der Waals surface area contributed by atoms with Crippen molar-refractivity contribution in [1.82, 2.24) is 105 Å². The van der Waals surface area contributed by atoms with E-state index >= 15 is 9.59 Å². The van der Waals surface area contributed by atoms with Crippen molar-refractivity contribution in [2.45, 2.75) is 164 Å². The Hall–Kier alpha value is -14.1. The van der Waals surface area contributed by atoms with E-state index in [1.807, 2.05) is 5.32 Å². The van der Waals surface area contributed by atoms with Crippen molar-refractivity contribution in [3.05, 3.63) is 126 Å². The van der Waals surface area contributed by atoms with E-state index in [2.05, 4.69) is 112 Å². The van der Waals surface area contributed by atoms with Gasteiger partial charge in [0.25, 0.3) is 0 Å². The number of nitrogens with zero attached hydrogens (tertiary/aromatic N) is 1. The number of benzene rings is 3. The number of imidazole rings is 1. The normalized spacial score (nSPS) is 14.5. The van der Waals surface area contributed by atoms with Gasteiger partial charge in [-0.1, -0.05) is 74.9 Å². The van der Waals surface area contributed by atoms with Crippen LogP contribution >= 0.6 is 12.6 Å². The van der Waals surface area contributed by atoms with Crippen LogP contribution in [0.5, 0.6) is 0 Å². The van der Waals surface area contributed by atoms with Gasteiger partial charge in [0.05, 0.1) is 57.4 Å². The number of primary amides is 2. The van der Waals surface area contributed by atoms with Crippen molar-refractivity contribution >= 4 is 152 Å². The van der Waals surface area contributed by atoms with E-state index in [0.717, 1.165) is 0 Å². The molecule has 4 heterocycles. The Morgan fingerprint density at radius 2 is 0.849 bits per heavy atom. The second-order valence-corrected chi connectivity index (χ2v) is 29.9. The summed E-state index contributed by atoms with van der Waals surface area (Å²) in [6.45, 7) is -0.258. The Balaban J connectivity index is 1.12. The van der Waals surface area contributed by atoms with Gasteiger partial charge >= 0.3 is 5.97 Å². The number of aliphatic carboxylic acids is 1. The average molecular weight is 1770 g/mol. The van der Waals surface area contributed by atoms with E-state index < -0.39 is 243 Å². The van der Waals surface area contributed by atoms with Crippen LogP contribution in [0.25, 0.3) is 32.7 Å². The Morgan fingerprint density at radius 1 is 0.444 bits per heavy atom. The lowest BCUT2D eigenvalue weighted by Gasteiger charge is -2.30. The minimum atomic E-state index is -2.01. The molecule has 47 heteroatoms. The first-order valence-corrected chi connectivity index (χ1v) is 40.6. The van der Waals surface area contributed by atoms with Gasteiger partial charge in [-0.25, -0.2) is 9.78 Å². The van der Waals surface area contributed by atoms with Crippen LogP contribution in [-0.4, -0.2) is 276 Å². The van der Waals surface area contributed by atoms with E-state index in [4.69, 9.17) is 28.3 Å². The molecule has 32 N–H and O–H groups in total. The second kappa shape index (κ2) is 48.7. The smallest absolute Gasteiger partial charge is 0.328 e. The van der Waals surface area contributed by atoms with Gasteiger partial charge in [0.2, 0.25) is 94.5 Å². The number of carbonyl (C=O) groups is 17. The lowest BCUT2D eigenvalue weighted by Crippen LogP contribution is -2.62. The number of hydrogen-bond acceptors (Lipinski definition) is 24. The molecule has 0 unspecified atom stereocenters. The highest BCUT2D eigenvalue weighted by Crippen LogP contribution is 2.24. The standard InChI is InChI=1S/C79H107N25O21S/c1-4-38(2)65(77(123)96-51(18-11-21-86-79(83)84)68(114)101-59(34-106)76(122)100-57(26-62(82)109)73(119)95-52(19-20-61(81)108)69(115)103-60(35-107)78(124)125)104-74(120)55(24-42-29-89-50-17-10-7-14-46(42)50)99-70(116)53(22-40-27-87-48-15-8-5-12-44(40)48)97-66(112)39(3)93-75(121)58(33-105)102-71(117)54(23-41-28-88-49-16-9-6-13-45(41)49)98-72(118)56(25-43-30-85-37-92-43)94-64(111)32-90-63(110)31-91-67(113)47(80)36-126/h5-10,12-17,27-30,37-39,47,51-60,65,87-89,105-107,126H,4,11,18-26,31-36,80H2,1-3H3,(H2,81,108)(H2,82,109)(H,85,92)(H,90,110)(H,91,113)(H,93,121)(H,94,111)(H,95,119)(H,96,123)(H,97,112)(H,98,118)(H,99,116)(H,100,122)(H,101,114)(H,102,117)(H,103,115)(H,104,120)(H,124,125)(H4,83,84,86)/t38-,39-,47-,51-,52-,53-,54-,55-,56-,57-,58-,59-,60-,65-/m0/s1. The number of guanidine groups is 1. The molecule has 46 nitrogen and oxygen atoms in total. The third kappa shape index (κ3) is 29.9. The molecule has 0 saturated heterocycles. The Labute approximate surface area is 724 Å². The van der Waals surface area contributed by atoms with Gasteiger partial charge in [-0.05, 0) is 67.0 Å². The highest BCUT2D eigenvalue weighted by Gasteiger charge is 2.39. The van der Waals surface area contributed by atoms with Gasteiger partial charge in [-0.15, -0.1) is 0 Å². The number of thiol groups is 1. The Morgan fingerprint density at radius 3 is 1.30 bits per heavy atom. The summed E-state index contributed by atoms with van der Waals surface area (Å²) in [4.78, 5) is 250. The minimum absolute atomic E-state index is 0.0122. The van der Waals surface area contributed by atoms with Crippen LogP contribution in [0.1, 0.15) is 81.7 Å². The van der Waals surface area contributed by atoms with E-state index in [0.29, 0.717) is 49.4 Å². The first-order valence-electron chi connectivity index (χ1n) is 39.9. The predicted octanol–water partition coefficient (Wildman–Crippen LogP) is -8.04. The first kappa shape index (κ1) is 99.0. The van der Waals surface area contributed by atoms with Crippen molar-refractivity contribution in [2.24, 2.45) is 28.9 Å². The Bertz CT molecular complexity index is 5040. The van der Waals surface area contributed by atoms with Crippen molar-refractivity contribution in [3.63, 3.8) is 0 Å². The van der Waals surface area contributed by atoms with Crippen LogP contribution < -0.4 is 103 Å². The quantitative estimate of drug-likeness (QED) is 0.00729. The fourth-order valence-corrected chi connectivity index (χ4v) is 13.2. The molecule has 7 rings (SSSR count). The minimum Gasteiger partial charge on any atom is -0.480 e. The number of carboxylic acid groups (broad SMARTS) is 1. The fraction of sp³-hybridized carbons (Fsp3) is 0.430. The maximum Gasteiger partial charge on any atom is 0.328 e. The molecular weight excluding hydrogens is 1670 g/mol. The number of nitrogens with two attached hydrogens (primary N) is 4. The summed E-state index contributed by atoms with van der Waals surface area (Å²) < 4.78 is 0. The van der Waals surface area contributed by atoms with Crippen molar-refractivity contribution in [2.75, 3.05) is 45.2 Å². The summed E-state index contributed by atoms with van der Waals surface area (Å²) in [5.74, 6) is -19.7. The number of H-pyrrole nitrogens is 4. The molecule has 0 spiro atoms. The molecule has 14 atom stereocenters. The number of carboxylic acids is 1. The molecule has 0 saturated carbocycles. The molecule has 0 fully saturated rings.